The Morgan fingerprint density at radius 1 is 1.00 bits per heavy atom. The van der Waals surface area contributed by atoms with E-state index < -0.39 is 15.9 Å². The van der Waals surface area contributed by atoms with Crippen LogP contribution in [0.5, 0.6) is 5.75 Å². The van der Waals surface area contributed by atoms with Crippen molar-refractivity contribution in [2.75, 3.05) is 39.8 Å². The van der Waals surface area contributed by atoms with E-state index in [1.54, 1.807) is 34.6 Å². The lowest BCUT2D eigenvalue weighted by molar-refractivity contribution is 0.0999. The summed E-state index contributed by atoms with van der Waals surface area (Å²) in [6.45, 7) is 3.40. The number of sulfonamides is 1. The summed E-state index contributed by atoms with van der Waals surface area (Å²) in [4.78, 5) is 15.0. The van der Waals surface area contributed by atoms with Gasteiger partial charge in [0.1, 0.15) is 9.96 Å². The first-order valence-electron chi connectivity index (χ1n) is 11.7. The van der Waals surface area contributed by atoms with Crippen molar-refractivity contribution < 1.29 is 17.9 Å². The van der Waals surface area contributed by atoms with Crippen LogP contribution in [0.4, 0.5) is 0 Å². The molecule has 1 fully saturated rings. The normalized spacial score (nSPS) is 15.2. The molecule has 0 aliphatic carbocycles. The van der Waals surface area contributed by atoms with Crippen molar-refractivity contribution in [3.63, 3.8) is 0 Å². The summed E-state index contributed by atoms with van der Waals surface area (Å²) in [6.07, 6.45) is 2.46. The third kappa shape index (κ3) is 6.10. The summed E-state index contributed by atoms with van der Waals surface area (Å²) in [7, 11) is -2.02. The summed E-state index contributed by atoms with van der Waals surface area (Å²) in [5.74, 6) is 0.0208. The number of nitrogens with zero attached hydrogens (tertiary/aromatic N) is 2. The molecule has 0 saturated carbocycles. The maximum absolute atomic E-state index is 13.3. The number of piperazine rings is 1. The molecule has 0 unspecified atom stereocenters. The van der Waals surface area contributed by atoms with E-state index in [4.69, 9.17) is 10.5 Å². The van der Waals surface area contributed by atoms with Gasteiger partial charge in [0.25, 0.3) is 10.0 Å². The Hall–Kier alpha value is -2.72. The van der Waals surface area contributed by atoms with Gasteiger partial charge in [-0.1, -0.05) is 36.4 Å². The maximum atomic E-state index is 13.3. The second kappa shape index (κ2) is 11.3. The zero-order valence-corrected chi connectivity index (χ0v) is 21.5. The Kier molecular flexibility index (Phi) is 8.22. The zero-order chi connectivity index (χ0) is 24.8. The quantitative estimate of drug-likeness (QED) is 0.449. The summed E-state index contributed by atoms with van der Waals surface area (Å²) in [6, 6.07) is 19.0. The molecule has 2 heterocycles. The van der Waals surface area contributed by atoms with Crippen LogP contribution >= 0.6 is 11.3 Å². The van der Waals surface area contributed by atoms with Crippen LogP contribution in [0, 0.1) is 0 Å². The number of ether oxygens (including phenoxy) is 1. The molecule has 2 N–H and O–H groups in total. The molecular weight excluding hydrogens is 482 g/mol. The van der Waals surface area contributed by atoms with E-state index in [2.05, 4.69) is 29.2 Å². The van der Waals surface area contributed by atoms with Crippen molar-refractivity contribution in [2.45, 2.75) is 23.5 Å². The largest absolute Gasteiger partial charge is 0.496 e. The van der Waals surface area contributed by atoms with Crippen LogP contribution in [-0.2, 0) is 22.9 Å². The minimum absolute atomic E-state index is 0.320. The van der Waals surface area contributed by atoms with Gasteiger partial charge in [0.05, 0.1) is 7.11 Å². The van der Waals surface area contributed by atoms with Crippen molar-refractivity contribution in [1.29, 1.82) is 0 Å². The van der Waals surface area contributed by atoms with Crippen molar-refractivity contribution in [3.8, 4) is 5.75 Å². The SMILES string of the molecule is COc1cccc(C(N)=O)c1Cc1ccc(S(=O)(=O)N2CCN(CCCc3ccccc3)CC2)s1. The van der Waals surface area contributed by atoms with E-state index in [9.17, 15) is 13.2 Å². The fraction of sp³-hybridized carbons (Fsp3) is 0.346. The number of carbonyl (C=O) groups is 1. The molecular formula is C26H31N3O4S2. The topological polar surface area (TPSA) is 92.9 Å². The van der Waals surface area contributed by atoms with Gasteiger partial charge in [-0.15, -0.1) is 11.3 Å². The van der Waals surface area contributed by atoms with Gasteiger partial charge in [-0.05, 0) is 49.2 Å². The van der Waals surface area contributed by atoms with Gasteiger partial charge in [0.2, 0.25) is 5.91 Å². The van der Waals surface area contributed by atoms with Crippen LogP contribution in [0.15, 0.2) is 64.9 Å². The number of rotatable bonds is 10. The van der Waals surface area contributed by atoms with Crippen molar-refractivity contribution in [3.05, 3.63) is 82.2 Å². The Morgan fingerprint density at radius 2 is 1.74 bits per heavy atom. The molecule has 1 aliphatic rings. The van der Waals surface area contributed by atoms with E-state index in [0.29, 0.717) is 40.6 Å². The average Bonchev–Trinajstić information content (AvgIpc) is 3.34. The number of nitrogens with two attached hydrogens (primary N) is 1. The van der Waals surface area contributed by atoms with Gasteiger partial charge in [-0.2, -0.15) is 4.31 Å². The zero-order valence-electron chi connectivity index (χ0n) is 19.9. The number of aryl methyl sites for hydroxylation is 1. The third-order valence-corrected chi connectivity index (χ3v) is 9.77. The molecule has 1 saturated heterocycles. The molecule has 0 radical (unpaired) electrons. The minimum atomic E-state index is -3.56. The van der Waals surface area contributed by atoms with Crippen LogP contribution in [0.25, 0.3) is 0 Å². The number of amides is 1. The molecule has 9 heteroatoms. The Labute approximate surface area is 211 Å². The summed E-state index contributed by atoms with van der Waals surface area (Å²) >= 11 is 1.23. The van der Waals surface area contributed by atoms with Gasteiger partial charge in [0.15, 0.2) is 0 Å². The van der Waals surface area contributed by atoms with Crippen LogP contribution in [0.2, 0.25) is 0 Å². The Bertz CT molecular complexity index is 1250. The molecule has 3 aromatic rings. The molecule has 7 nitrogen and oxygen atoms in total. The van der Waals surface area contributed by atoms with Gasteiger partial charge in [-0.25, -0.2) is 8.42 Å². The van der Waals surface area contributed by atoms with Crippen LogP contribution < -0.4 is 10.5 Å². The lowest BCUT2D eigenvalue weighted by atomic mass is 10.0. The highest BCUT2D eigenvalue weighted by Crippen LogP contribution is 2.31. The fourth-order valence-electron chi connectivity index (χ4n) is 4.41. The summed E-state index contributed by atoms with van der Waals surface area (Å²) in [5.41, 5.74) is 7.91. The van der Waals surface area contributed by atoms with Crippen molar-refractivity contribution >= 4 is 27.3 Å². The molecule has 0 spiro atoms. The highest BCUT2D eigenvalue weighted by atomic mass is 32.2. The van der Waals surface area contributed by atoms with E-state index in [-0.39, 0.29) is 0 Å². The summed E-state index contributed by atoms with van der Waals surface area (Å²) < 4.78 is 33.9. The molecule has 35 heavy (non-hydrogen) atoms. The van der Waals surface area contributed by atoms with E-state index >= 15 is 0 Å². The monoisotopic (exact) mass is 513 g/mol. The maximum Gasteiger partial charge on any atom is 0.252 e. The van der Waals surface area contributed by atoms with Crippen molar-refractivity contribution in [2.24, 2.45) is 5.73 Å². The lowest BCUT2D eigenvalue weighted by Crippen LogP contribution is -2.48. The van der Waals surface area contributed by atoms with Crippen molar-refractivity contribution in [1.82, 2.24) is 9.21 Å². The number of benzene rings is 2. The molecule has 4 rings (SSSR count). The number of primary amides is 1. The number of thiophene rings is 1. The number of methoxy groups -OCH3 is 1. The van der Waals surface area contributed by atoms with Crippen LogP contribution in [0.3, 0.4) is 0 Å². The van der Waals surface area contributed by atoms with Gasteiger partial charge < -0.3 is 15.4 Å². The van der Waals surface area contributed by atoms with E-state index in [1.807, 2.05) is 6.07 Å². The molecule has 1 aliphatic heterocycles. The predicted molar refractivity (Wildman–Crippen MR) is 139 cm³/mol. The van der Waals surface area contributed by atoms with Gasteiger partial charge in [-0.3, -0.25) is 4.79 Å². The molecule has 1 aromatic heterocycles. The first kappa shape index (κ1) is 25.4. The van der Waals surface area contributed by atoms with E-state index in [0.717, 1.165) is 37.4 Å². The molecule has 1 amide bonds. The standard InChI is InChI=1S/C26H31N3O4S2/c1-33-24-11-5-10-22(26(27)30)23(24)19-21-12-13-25(34-21)35(31,32)29-17-15-28(16-18-29)14-6-9-20-7-3-2-4-8-20/h2-5,7-8,10-13H,6,9,14-19H2,1H3,(H2,27,30). The Balaban J connectivity index is 1.36. The van der Waals surface area contributed by atoms with Crippen LogP contribution in [-0.4, -0.2) is 63.4 Å². The highest BCUT2D eigenvalue weighted by molar-refractivity contribution is 7.91. The second-order valence-electron chi connectivity index (χ2n) is 8.58. The lowest BCUT2D eigenvalue weighted by Gasteiger charge is -2.33. The van der Waals surface area contributed by atoms with Gasteiger partial charge in [0, 0.05) is 48.6 Å². The predicted octanol–water partition coefficient (Wildman–Crippen LogP) is 3.39. The van der Waals surface area contributed by atoms with Crippen LogP contribution in [0.1, 0.15) is 32.8 Å². The minimum Gasteiger partial charge on any atom is -0.496 e. The molecule has 0 bridgehead atoms. The molecule has 0 atom stereocenters. The first-order chi connectivity index (χ1) is 16.9. The van der Waals surface area contributed by atoms with Gasteiger partial charge >= 0.3 is 0 Å². The Morgan fingerprint density at radius 3 is 2.43 bits per heavy atom. The fourth-order valence-corrected chi connectivity index (χ4v) is 7.35. The molecule has 186 valence electrons. The molecule has 2 aromatic carbocycles. The second-order valence-corrected chi connectivity index (χ2v) is 11.9. The smallest absolute Gasteiger partial charge is 0.252 e. The average molecular weight is 514 g/mol. The first-order valence-corrected chi connectivity index (χ1v) is 13.9. The third-order valence-electron chi connectivity index (χ3n) is 6.31. The summed E-state index contributed by atoms with van der Waals surface area (Å²) in [5, 5.41) is 0. The number of hydrogen-bond acceptors (Lipinski definition) is 6. The number of hydrogen-bond donors (Lipinski definition) is 1. The van der Waals surface area contributed by atoms with E-state index in [1.165, 1.54) is 24.0 Å². The highest BCUT2D eigenvalue weighted by Gasteiger charge is 2.29. The number of carbonyl (C=O) groups excluding carboxylic acids is 1.